The molecule has 0 aliphatic rings. The Morgan fingerprint density at radius 3 is 2.47 bits per heavy atom. The smallest absolute Gasteiger partial charge is 0.322 e. The minimum atomic E-state index is -0.818. The summed E-state index contributed by atoms with van der Waals surface area (Å²) in [5.74, 6) is -2.15. The maximum Gasteiger partial charge on any atom is 0.322 e. The van der Waals surface area contributed by atoms with Gasteiger partial charge in [0.25, 0.3) is 0 Å². The normalized spacial score (nSPS) is 10.4. The summed E-state index contributed by atoms with van der Waals surface area (Å²) in [5, 5.41) is 0. The van der Waals surface area contributed by atoms with Gasteiger partial charge in [0.2, 0.25) is 5.75 Å². The van der Waals surface area contributed by atoms with Crippen LogP contribution in [0.3, 0.4) is 0 Å². The van der Waals surface area contributed by atoms with E-state index in [1.165, 1.54) is 6.20 Å². The Labute approximate surface area is 105 Å². The zero-order valence-corrected chi connectivity index (χ0v) is 10.3. The van der Waals surface area contributed by atoms with Crippen molar-refractivity contribution in [3.8, 4) is 11.8 Å². The van der Waals surface area contributed by atoms with Gasteiger partial charge in [0, 0.05) is 16.4 Å². The van der Waals surface area contributed by atoms with Gasteiger partial charge in [-0.15, -0.1) is 0 Å². The second kappa shape index (κ2) is 4.75. The van der Waals surface area contributed by atoms with Gasteiger partial charge in [-0.1, -0.05) is 15.9 Å². The Kier molecular flexibility index (Phi) is 3.33. The summed E-state index contributed by atoms with van der Waals surface area (Å²) in [6.45, 7) is 1.73. The average Bonchev–Trinajstić information content (AvgIpc) is 2.23. The first-order valence-corrected chi connectivity index (χ1v) is 5.47. The second-order valence-electron chi connectivity index (χ2n) is 3.28. The Balaban J connectivity index is 2.36. The molecule has 2 aromatic rings. The molecule has 0 N–H and O–H groups in total. The van der Waals surface area contributed by atoms with Crippen molar-refractivity contribution in [2.24, 2.45) is 0 Å². The predicted octanol–water partition coefficient (Wildman–Crippen LogP) is 3.62. The quantitative estimate of drug-likeness (QED) is 0.850. The molecule has 0 saturated heterocycles. The number of halogens is 3. The maximum absolute atomic E-state index is 13.4. The van der Waals surface area contributed by atoms with Crippen LogP contribution in [0.15, 0.2) is 28.9 Å². The molecule has 0 atom stereocenters. The molecule has 1 aromatic carbocycles. The van der Waals surface area contributed by atoms with Gasteiger partial charge in [0.1, 0.15) is 0 Å². The van der Waals surface area contributed by atoms with E-state index < -0.39 is 17.4 Å². The van der Waals surface area contributed by atoms with E-state index in [-0.39, 0.29) is 6.01 Å². The first-order chi connectivity index (χ1) is 8.06. The maximum atomic E-state index is 13.4. The molecule has 6 heteroatoms. The van der Waals surface area contributed by atoms with Crippen LogP contribution in [0.25, 0.3) is 0 Å². The van der Waals surface area contributed by atoms with Crippen LogP contribution >= 0.6 is 15.9 Å². The number of ether oxygens (including phenoxy) is 1. The summed E-state index contributed by atoms with van der Waals surface area (Å²) in [5.41, 5.74) is 0.646. The minimum Gasteiger partial charge on any atom is -0.418 e. The Bertz CT molecular complexity index is 540. The summed E-state index contributed by atoms with van der Waals surface area (Å²) in [4.78, 5) is 7.66. The molecule has 0 saturated carbocycles. The molecular formula is C11H7BrF2N2O. The number of aromatic nitrogens is 2. The van der Waals surface area contributed by atoms with E-state index in [0.717, 1.165) is 12.1 Å². The highest BCUT2D eigenvalue weighted by molar-refractivity contribution is 9.10. The lowest BCUT2D eigenvalue weighted by Crippen LogP contribution is -1.97. The van der Waals surface area contributed by atoms with Gasteiger partial charge in [-0.2, -0.15) is 0 Å². The molecule has 0 amide bonds. The van der Waals surface area contributed by atoms with E-state index >= 15 is 0 Å². The monoisotopic (exact) mass is 300 g/mol. The van der Waals surface area contributed by atoms with Crippen LogP contribution in [-0.4, -0.2) is 9.97 Å². The third-order valence-electron chi connectivity index (χ3n) is 1.93. The van der Waals surface area contributed by atoms with Crippen molar-refractivity contribution in [1.29, 1.82) is 0 Å². The van der Waals surface area contributed by atoms with E-state index in [4.69, 9.17) is 4.74 Å². The SMILES string of the molecule is Cc1ccnc(Oc2c(F)cc(Br)cc2F)n1. The lowest BCUT2D eigenvalue weighted by atomic mass is 10.3. The van der Waals surface area contributed by atoms with Crippen molar-refractivity contribution in [1.82, 2.24) is 9.97 Å². The third-order valence-corrected chi connectivity index (χ3v) is 2.39. The van der Waals surface area contributed by atoms with Crippen molar-refractivity contribution >= 4 is 15.9 Å². The van der Waals surface area contributed by atoms with Gasteiger partial charge in [-0.05, 0) is 25.1 Å². The van der Waals surface area contributed by atoms with Gasteiger partial charge in [-0.25, -0.2) is 18.7 Å². The van der Waals surface area contributed by atoms with Crippen molar-refractivity contribution in [3.63, 3.8) is 0 Å². The highest BCUT2D eigenvalue weighted by Gasteiger charge is 2.14. The number of hydrogen-bond acceptors (Lipinski definition) is 3. The highest BCUT2D eigenvalue weighted by Crippen LogP contribution is 2.28. The molecule has 0 aliphatic carbocycles. The zero-order valence-electron chi connectivity index (χ0n) is 8.75. The lowest BCUT2D eigenvalue weighted by Gasteiger charge is -2.06. The van der Waals surface area contributed by atoms with Crippen LogP contribution < -0.4 is 4.74 Å². The van der Waals surface area contributed by atoms with Crippen LogP contribution in [-0.2, 0) is 0 Å². The van der Waals surface area contributed by atoms with Crippen LogP contribution in [0, 0.1) is 18.6 Å². The zero-order chi connectivity index (χ0) is 12.4. The number of nitrogens with zero attached hydrogens (tertiary/aromatic N) is 2. The molecule has 2 rings (SSSR count). The molecule has 0 bridgehead atoms. The van der Waals surface area contributed by atoms with Gasteiger partial charge >= 0.3 is 6.01 Å². The minimum absolute atomic E-state index is 0.0925. The highest BCUT2D eigenvalue weighted by atomic mass is 79.9. The van der Waals surface area contributed by atoms with Crippen molar-refractivity contribution < 1.29 is 13.5 Å². The second-order valence-corrected chi connectivity index (χ2v) is 4.20. The molecule has 0 aliphatic heterocycles. The fourth-order valence-electron chi connectivity index (χ4n) is 1.19. The molecule has 0 radical (unpaired) electrons. The average molecular weight is 301 g/mol. The summed E-state index contributed by atoms with van der Waals surface area (Å²) < 4.78 is 32.2. The van der Waals surface area contributed by atoms with Crippen molar-refractivity contribution in [2.75, 3.05) is 0 Å². The Morgan fingerprint density at radius 2 is 1.88 bits per heavy atom. The lowest BCUT2D eigenvalue weighted by molar-refractivity contribution is 0.381. The molecular weight excluding hydrogens is 294 g/mol. The van der Waals surface area contributed by atoms with E-state index in [1.807, 2.05) is 0 Å². The van der Waals surface area contributed by atoms with Gasteiger partial charge in [0.05, 0.1) is 0 Å². The third kappa shape index (κ3) is 2.76. The van der Waals surface area contributed by atoms with Gasteiger partial charge < -0.3 is 4.74 Å². The molecule has 1 heterocycles. The number of aryl methyl sites for hydroxylation is 1. The molecule has 17 heavy (non-hydrogen) atoms. The van der Waals surface area contributed by atoms with E-state index in [1.54, 1.807) is 13.0 Å². The van der Waals surface area contributed by atoms with Crippen LogP contribution in [0.5, 0.6) is 11.8 Å². The predicted molar refractivity (Wildman–Crippen MR) is 60.9 cm³/mol. The molecule has 1 aromatic heterocycles. The van der Waals surface area contributed by atoms with Gasteiger partial charge in [-0.3, -0.25) is 0 Å². The molecule has 0 spiro atoms. The molecule has 88 valence electrons. The number of rotatable bonds is 2. The van der Waals surface area contributed by atoms with Crippen LogP contribution in [0.4, 0.5) is 8.78 Å². The molecule has 3 nitrogen and oxygen atoms in total. The summed E-state index contributed by atoms with van der Waals surface area (Å²) >= 11 is 2.98. The number of benzene rings is 1. The largest absolute Gasteiger partial charge is 0.418 e. The van der Waals surface area contributed by atoms with Crippen molar-refractivity contribution in [2.45, 2.75) is 6.92 Å². The first-order valence-electron chi connectivity index (χ1n) is 4.68. The topological polar surface area (TPSA) is 35.0 Å². The fourth-order valence-corrected chi connectivity index (χ4v) is 1.59. The summed E-state index contributed by atoms with van der Waals surface area (Å²) in [6, 6.07) is 3.77. The van der Waals surface area contributed by atoms with Gasteiger partial charge in [0.15, 0.2) is 11.6 Å². The first kappa shape index (κ1) is 11.9. The number of hydrogen-bond donors (Lipinski definition) is 0. The van der Waals surface area contributed by atoms with E-state index in [0.29, 0.717) is 10.2 Å². The van der Waals surface area contributed by atoms with E-state index in [2.05, 4.69) is 25.9 Å². The molecule has 0 unspecified atom stereocenters. The Morgan fingerprint density at radius 1 is 1.24 bits per heavy atom. The Hall–Kier alpha value is -1.56. The van der Waals surface area contributed by atoms with Crippen LogP contribution in [0.2, 0.25) is 0 Å². The van der Waals surface area contributed by atoms with Crippen molar-refractivity contribution in [3.05, 3.63) is 46.2 Å². The van der Waals surface area contributed by atoms with Crippen LogP contribution in [0.1, 0.15) is 5.69 Å². The summed E-state index contributed by atoms with van der Waals surface area (Å²) in [6.07, 6.45) is 1.45. The van der Waals surface area contributed by atoms with E-state index in [9.17, 15) is 8.78 Å². The fraction of sp³-hybridized carbons (Fsp3) is 0.0909. The summed E-state index contributed by atoms with van der Waals surface area (Å²) in [7, 11) is 0. The standard InChI is InChI=1S/C11H7BrF2N2O/c1-6-2-3-15-11(16-6)17-10-8(13)4-7(12)5-9(10)14/h2-5H,1H3. The molecule has 0 fully saturated rings.